The molecule has 2 aliphatic carbocycles. The van der Waals surface area contributed by atoms with Crippen molar-refractivity contribution in [2.75, 3.05) is 11.9 Å². The van der Waals surface area contributed by atoms with E-state index >= 15 is 0 Å². The fourth-order valence-electron chi connectivity index (χ4n) is 6.99. The van der Waals surface area contributed by atoms with Gasteiger partial charge in [0.25, 0.3) is 11.8 Å². The summed E-state index contributed by atoms with van der Waals surface area (Å²) >= 11 is 1.63. The number of thiophene rings is 1. The van der Waals surface area contributed by atoms with E-state index in [0.29, 0.717) is 5.69 Å². The number of fused-ring (bicyclic) bond motifs is 4. The van der Waals surface area contributed by atoms with Crippen LogP contribution in [-0.2, 0) is 20.4 Å². The van der Waals surface area contributed by atoms with E-state index < -0.39 is 17.8 Å². The summed E-state index contributed by atoms with van der Waals surface area (Å²) in [5, 5.41) is 0. The van der Waals surface area contributed by atoms with Gasteiger partial charge in [-0.05, 0) is 57.7 Å². The number of para-hydroxylation sites is 1. The zero-order valence-corrected chi connectivity index (χ0v) is 24.5. The van der Waals surface area contributed by atoms with Crippen molar-refractivity contribution in [1.29, 1.82) is 0 Å². The molecule has 3 aromatic carbocycles. The van der Waals surface area contributed by atoms with Gasteiger partial charge >= 0.3 is 6.03 Å². The average molecular weight is 559 g/mol. The molecule has 0 N–H and O–H groups in total. The second kappa shape index (κ2) is 8.60. The van der Waals surface area contributed by atoms with Crippen LogP contribution in [0, 0.1) is 0 Å². The molecular formula is C35H30N2O3S. The maximum absolute atomic E-state index is 13.6. The zero-order valence-electron chi connectivity index (χ0n) is 23.7. The van der Waals surface area contributed by atoms with Gasteiger partial charge in [-0.2, -0.15) is 0 Å². The van der Waals surface area contributed by atoms with Gasteiger partial charge < -0.3 is 0 Å². The van der Waals surface area contributed by atoms with E-state index in [9.17, 15) is 14.4 Å². The average Bonchev–Trinajstić information content (AvgIpc) is 3.39. The Bertz CT molecular complexity index is 1830. The number of likely N-dealkylation sites (N-methyl/N-ethyl adjacent to an activating group) is 1. The van der Waals surface area contributed by atoms with Gasteiger partial charge in [0.2, 0.25) is 0 Å². The van der Waals surface area contributed by atoms with Crippen LogP contribution in [-0.4, -0.2) is 29.8 Å². The molecule has 1 aromatic heterocycles. The first kappa shape index (κ1) is 25.7. The number of carbonyl (C=O) groups excluding carboxylic acids is 3. The predicted molar refractivity (Wildman–Crippen MR) is 162 cm³/mol. The first-order chi connectivity index (χ1) is 19.5. The van der Waals surface area contributed by atoms with Gasteiger partial charge in [0, 0.05) is 33.5 Å². The predicted octanol–water partition coefficient (Wildman–Crippen LogP) is 7.22. The van der Waals surface area contributed by atoms with Gasteiger partial charge in [-0.15, -0.1) is 11.3 Å². The molecule has 5 nitrogen and oxygen atoms in total. The lowest BCUT2D eigenvalue weighted by Crippen LogP contribution is -2.55. The lowest BCUT2D eigenvalue weighted by atomic mass is 9.58. The van der Waals surface area contributed by atoms with Crippen molar-refractivity contribution in [3.05, 3.63) is 128 Å². The number of amides is 4. The van der Waals surface area contributed by atoms with Crippen LogP contribution in [0.3, 0.4) is 0 Å². The summed E-state index contributed by atoms with van der Waals surface area (Å²) in [5.41, 5.74) is 7.90. The fourth-order valence-corrected chi connectivity index (χ4v) is 8.38. The number of nitrogens with zero attached hydrogens (tertiary/aromatic N) is 2. The third kappa shape index (κ3) is 3.43. The van der Waals surface area contributed by atoms with Crippen molar-refractivity contribution in [3.63, 3.8) is 0 Å². The number of benzene rings is 3. The smallest absolute Gasteiger partial charge is 0.268 e. The van der Waals surface area contributed by atoms with Crippen LogP contribution in [0.15, 0.2) is 84.4 Å². The Morgan fingerprint density at radius 3 is 2.05 bits per heavy atom. The van der Waals surface area contributed by atoms with Gasteiger partial charge in [0.1, 0.15) is 5.57 Å². The highest BCUT2D eigenvalue weighted by Crippen LogP contribution is 2.58. The molecule has 0 bridgehead atoms. The highest BCUT2D eigenvalue weighted by atomic mass is 32.1. The van der Waals surface area contributed by atoms with Crippen molar-refractivity contribution in [3.8, 4) is 0 Å². The quantitative estimate of drug-likeness (QED) is 0.193. The third-order valence-electron chi connectivity index (χ3n) is 9.15. The molecule has 1 atom stereocenters. The van der Waals surface area contributed by atoms with Crippen molar-refractivity contribution in [2.45, 2.75) is 44.4 Å². The van der Waals surface area contributed by atoms with Crippen molar-refractivity contribution in [1.82, 2.24) is 4.90 Å². The molecule has 6 heteroatoms. The second-order valence-corrected chi connectivity index (χ2v) is 13.3. The topological polar surface area (TPSA) is 57.7 Å². The third-order valence-corrected chi connectivity index (χ3v) is 10.3. The van der Waals surface area contributed by atoms with E-state index in [2.05, 4.69) is 76.2 Å². The minimum Gasteiger partial charge on any atom is -0.268 e. The summed E-state index contributed by atoms with van der Waals surface area (Å²) in [4.78, 5) is 44.1. The number of carbonyl (C=O) groups is 3. The van der Waals surface area contributed by atoms with Crippen molar-refractivity contribution < 1.29 is 14.4 Å². The Morgan fingerprint density at radius 2 is 1.34 bits per heavy atom. The molecule has 0 spiro atoms. The van der Waals surface area contributed by atoms with E-state index in [0.717, 1.165) is 14.7 Å². The zero-order chi connectivity index (χ0) is 28.8. The Morgan fingerprint density at radius 1 is 0.732 bits per heavy atom. The molecule has 1 saturated heterocycles. The Balaban J connectivity index is 1.41. The van der Waals surface area contributed by atoms with Gasteiger partial charge in [-0.25, -0.2) is 9.69 Å². The second-order valence-electron chi connectivity index (χ2n) is 12.1. The van der Waals surface area contributed by atoms with Crippen LogP contribution < -0.4 is 4.90 Å². The molecule has 4 aromatic rings. The number of rotatable bonds is 2. The van der Waals surface area contributed by atoms with E-state index in [1.54, 1.807) is 41.7 Å². The molecular weight excluding hydrogens is 528 g/mol. The van der Waals surface area contributed by atoms with Gasteiger partial charge in [0.15, 0.2) is 0 Å². The van der Waals surface area contributed by atoms with E-state index in [1.165, 1.54) is 45.3 Å². The van der Waals surface area contributed by atoms with Crippen LogP contribution in [0.5, 0.6) is 0 Å². The first-order valence-electron chi connectivity index (χ1n) is 13.8. The SMILES string of the molecule is CN1C(=O)/C(=C\c2cc3c(s2)C2c4ccccc4C(C)(C)c4cccc(c42)C3(C)C)C(=O)N(c2ccccc2)C1=O. The number of hydrogen-bond acceptors (Lipinski definition) is 4. The summed E-state index contributed by atoms with van der Waals surface area (Å²) in [7, 11) is 1.42. The lowest BCUT2D eigenvalue weighted by molar-refractivity contribution is -0.128. The van der Waals surface area contributed by atoms with E-state index in [-0.39, 0.29) is 22.3 Å². The van der Waals surface area contributed by atoms with Crippen LogP contribution in [0.2, 0.25) is 0 Å². The number of anilines is 1. The molecule has 3 aliphatic rings. The monoisotopic (exact) mass is 558 g/mol. The molecule has 1 aliphatic heterocycles. The molecule has 0 radical (unpaired) electrons. The van der Waals surface area contributed by atoms with Gasteiger partial charge in [0.05, 0.1) is 5.69 Å². The molecule has 1 fully saturated rings. The van der Waals surface area contributed by atoms with E-state index in [1.807, 2.05) is 6.07 Å². The highest BCUT2D eigenvalue weighted by molar-refractivity contribution is 7.13. The number of hydrogen-bond donors (Lipinski definition) is 0. The summed E-state index contributed by atoms with van der Waals surface area (Å²) < 4.78 is 0. The Kier molecular flexibility index (Phi) is 5.39. The summed E-state index contributed by atoms with van der Waals surface area (Å²) in [6, 6.07) is 25.6. The molecule has 2 heterocycles. The Labute approximate surface area is 243 Å². The minimum absolute atomic E-state index is 0.0178. The van der Waals surface area contributed by atoms with Crippen LogP contribution in [0.4, 0.5) is 10.5 Å². The highest BCUT2D eigenvalue weighted by Gasteiger charge is 2.47. The maximum atomic E-state index is 13.6. The van der Waals surface area contributed by atoms with Crippen LogP contribution >= 0.6 is 11.3 Å². The number of urea groups is 1. The molecule has 4 amide bonds. The lowest BCUT2D eigenvalue weighted by Gasteiger charge is -2.46. The first-order valence-corrected chi connectivity index (χ1v) is 14.7. The normalized spacial score (nSPS) is 21.0. The van der Waals surface area contributed by atoms with Crippen molar-refractivity contribution >= 4 is 40.9 Å². The minimum atomic E-state index is -0.653. The Hall–Kier alpha value is -4.29. The van der Waals surface area contributed by atoms with Crippen LogP contribution in [0.1, 0.15) is 76.7 Å². The molecule has 204 valence electrons. The summed E-state index contributed by atoms with van der Waals surface area (Å²) in [6.45, 7) is 9.13. The summed E-state index contributed by atoms with van der Waals surface area (Å²) in [5.74, 6) is -1.12. The standard InChI is InChI=1S/C35H30N2O3S/c1-34(2)24-15-10-9-14-22(24)28-29-25(34)16-11-17-26(29)35(3,4)27-19-21(41-30(27)28)18-23-31(38)36(5)33(40)37(32(23)39)20-12-7-6-8-13-20/h6-19,28H,1-5H3/b23-18+. The van der Waals surface area contributed by atoms with Crippen molar-refractivity contribution in [2.24, 2.45) is 0 Å². The fraction of sp³-hybridized carbons (Fsp3) is 0.229. The van der Waals surface area contributed by atoms with Gasteiger partial charge in [-0.1, -0.05) is 88.4 Å². The molecule has 1 unspecified atom stereocenters. The largest absolute Gasteiger partial charge is 0.338 e. The van der Waals surface area contributed by atoms with Crippen LogP contribution in [0.25, 0.3) is 6.08 Å². The molecule has 7 rings (SSSR count). The number of barbiturate groups is 1. The van der Waals surface area contributed by atoms with E-state index in [4.69, 9.17) is 0 Å². The molecule has 41 heavy (non-hydrogen) atoms. The maximum Gasteiger partial charge on any atom is 0.338 e. The summed E-state index contributed by atoms with van der Waals surface area (Å²) in [6.07, 6.45) is 1.67. The van der Waals surface area contributed by atoms with Gasteiger partial charge in [-0.3, -0.25) is 14.5 Å². The molecule has 0 saturated carbocycles. The number of imide groups is 2.